The molecule has 1 unspecified atom stereocenters. The first-order valence-corrected chi connectivity index (χ1v) is 6.34. The Morgan fingerprint density at radius 2 is 2.12 bits per heavy atom. The summed E-state index contributed by atoms with van der Waals surface area (Å²) in [6.07, 6.45) is 8.97. The fourth-order valence-electron chi connectivity index (χ4n) is 2.73. The number of allylic oxidation sites excluding steroid dienone is 2. The Labute approximate surface area is 101 Å². The molecule has 1 fully saturated rings. The molecule has 17 heavy (non-hydrogen) atoms. The van der Waals surface area contributed by atoms with E-state index in [4.69, 9.17) is 5.11 Å². The van der Waals surface area contributed by atoms with Gasteiger partial charge in [-0.15, -0.1) is 0 Å². The molecule has 0 heterocycles. The molecule has 4 heteroatoms. The van der Waals surface area contributed by atoms with Crippen molar-refractivity contribution in [1.82, 2.24) is 5.32 Å². The number of carboxylic acid groups (broad SMARTS) is 1. The van der Waals surface area contributed by atoms with Crippen LogP contribution in [-0.2, 0) is 9.59 Å². The molecule has 0 aromatic heterocycles. The van der Waals surface area contributed by atoms with Crippen LogP contribution < -0.4 is 5.32 Å². The molecular formula is C13H19NO3. The number of carbonyl (C=O) groups excluding carboxylic acids is 1. The predicted octanol–water partition coefficient (Wildman–Crippen LogP) is 1.71. The molecule has 0 saturated heterocycles. The van der Waals surface area contributed by atoms with Crippen molar-refractivity contribution >= 4 is 11.9 Å². The highest BCUT2D eigenvalue weighted by atomic mass is 16.4. The van der Waals surface area contributed by atoms with Crippen LogP contribution in [0.3, 0.4) is 0 Å². The Morgan fingerprint density at radius 3 is 2.71 bits per heavy atom. The van der Waals surface area contributed by atoms with Gasteiger partial charge in [-0.25, -0.2) is 0 Å². The summed E-state index contributed by atoms with van der Waals surface area (Å²) >= 11 is 0. The van der Waals surface area contributed by atoms with Gasteiger partial charge in [0.05, 0.1) is 5.92 Å². The van der Waals surface area contributed by atoms with Crippen molar-refractivity contribution in [2.75, 3.05) is 0 Å². The lowest BCUT2D eigenvalue weighted by molar-refractivity contribution is -0.141. The second-order valence-corrected chi connectivity index (χ2v) is 5.08. The quantitative estimate of drug-likeness (QED) is 0.731. The van der Waals surface area contributed by atoms with Crippen LogP contribution in [0.2, 0.25) is 0 Å². The SMILES string of the molecule is O=C(CC1C=CCC1)N[C@H]1CC[C@@H](C(=O)O)C1. The summed E-state index contributed by atoms with van der Waals surface area (Å²) in [5.41, 5.74) is 0. The molecule has 1 saturated carbocycles. The van der Waals surface area contributed by atoms with E-state index in [0.717, 1.165) is 19.3 Å². The molecule has 0 spiro atoms. The molecule has 0 bridgehead atoms. The monoisotopic (exact) mass is 237 g/mol. The van der Waals surface area contributed by atoms with Crippen LogP contribution >= 0.6 is 0 Å². The first-order chi connectivity index (χ1) is 8.15. The van der Waals surface area contributed by atoms with E-state index >= 15 is 0 Å². The number of carbonyl (C=O) groups is 2. The smallest absolute Gasteiger partial charge is 0.306 e. The van der Waals surface area contributed by atoms with Crippen LogP contribution in [0.15, 0.2) is 12.2 Å². The summed E-state index contributed by atoms with van der Waals surface area (Å²) in [6, 6.07) is 0.0639. The van der Waals surface area contributed by atoms with Gasteiger partial charge in [0.25, 0.3) is 0 Å². The topological polar surface area (TPSA) is 66.4 Å². The summed E-state index contributed by atoms with van der Waals surface area (Å²) in [6.45, 7) is 0. The van der Waals surface area contributed by atoms with E-state index in [1.807, 2.05) is 0 Å². The third-order valence-electron chi connectivity index (χ3n) is 3.71. The highest BCUT2D eigenvalue weighted by molar-refractivity contribution is 5.77. The molecule has 0 aromatic carbocycles. The van der Waals surface area contributed by atoms with Gasteiger partial charge in [0.2, 0.25) is 5.91 Å². The summed E-state index contributed by atoms with van der Waals surface area (Å²) in [5.74, 6) is -0.559. The van der Waals surface area contributed by atoms with Crippen molar-refractivity contribution in [1.29, 1.82) is 0 Å². The molecule has 2 rings (SSSR count). The van der Waals surface area contributed by atoms with Gasteiger partial charge in [0.1, 0.15) is 0 Å². The lowest BCUT2D eigenvalue weighted by atomic mass is 10.0. The van der Waals surface area contributed by atoms with Gasteiger partial charge >= 0.3 is 5.97 Å². The van der Waals surface area contributed by atoms with Gasteiger partial charge < -0.3 is 10.4 Å². The fourth-order valence-corrected chi connectivity index (χ4v) is 2.73. The zero-order valence-electron chi connectivity index (χ0n) is 9.89. The van der Waals surface area contributed by atoms with Crippen LogP contribution in [0.25, 0.3) is 0 Å². The molecule has 94 valence electrons. The third kappa shape index (κ3) is 3.32. The molecular weight excluding hydrogens is 218 g/mol. The van der Waals surface area contributed by atoms with E-state index in [-0.39, 0.29) is 17.9 Å². The van der Waals surface area contributed by atoms with E-state index in [1.54, 1.807) is 0 Å². The van der Waals surface area contributed by atoms with Crippen molar-refractivity contribution < 1.29 is 14.7 Å². The van der Waals surface area contributed by atoms with Crippen molar-refractivity contribution in [3.05, 3.63) is 12.2 Å². The van der Waals surface area contributed by atoms with Gasteiger partial charge in [0, 0.05) is 12.5 Å². The van der Waals surface area contributed by atoms with Crippen LogP contribution in [0, 0.1) is 11.8 Å². The van der Waals surface area contributed by atoms with Crippen LogP contribution in [0.5, 0.6) is 0 Å². The van der Waals surface area contributed by atoms with Gasteiger partial charge in [-0.3, -0.25) is 9.59 Å². The first kappa shape index (κ1) is 12.1. The highest BCUT2D eigenvalue weighted by Gasteiger charge is 2.30. The molecule has 4 nitrogen and oxygen atoms in total. The van der Waals surface area contributed by atoms with Crippen molar-refractivity contribution in [3.63, 3.8) is 0 Å². The van der Waals surface area contributed by atoms with Crippen molar-refractivity contribution in [2.24, 2.45) is 11.8 Å². The second kappa shape index (κ2) is 5.34. The molecule has 0 aromatic rings. The van der Waals surface area contributed by atoms with E-state index in [1.165, 1.54) is 0 Å². The van der Waals surface area contributed by atoms with Gasteiger partial charge in [-0.1, -0.05) is 12.2 Å². The number of carboxylic acids is 1. The molecule has 0 aliphatic heterocycles. The number of amides is 1. The second-order valence-electron chi connectivity index (χ2n) is 5.08. The Bertz CT molecular complexity index is 338. The number of hydrogen-bond acceptors (Lipinski definition) is 2. The van der Waals surface area contributed by atoms with Crippen LogP contribution in [-0.4, -0.2) is 23.0 Å². The Kier molecular flexibility index (Phi) is 3.82. The van der Waals surface area contributed by atoms with Gasteiger partial charge in [0.15, 0.2) is 0 Å². The van der Waals surface area contributed by atoms with E-state index in [2.05, 4.69) is 17.5 Å². The van der Waals surface area contributed by atoms with E-state index < -0.39 is 5.97 Å². The number of hydrogen-bond donors (Lipinski definition) is 2. The predicted molar refractivity (Wildman–Crippen MR) is 63.4 cm³/mol. The Hall–Kier alpha value is -1.32. The van der Waals surface area contributed by atoms with Gasteiger partial charge in [-0.2, -0.15) is 0 Å². The highest BCUT2D eigenvalue weighted by Crippen LogP contribution is 2.26. The number of nitrogens with one attached hydrogen (secondary N) is 1. The molecule has 0 radical (unpaired) electrons. The lowest BCUT2D eigenvalue weighted by Crippen LogP contribution is -2.34. The molecule has 2 aliphatic rings. The lowest BCUT2D eigenvalue weighted by Gasteiger charge is -2.14. The zero-order chi connectivity index (χ0) is 12.3. The van der Waals surface area contributed by atoms with Gasteiger partial charge in [-0.05, 0) is 38.0 Å². The first-order valence-electron chi connectivity index (χ1n) is 6.34. The zero-order valence-corrected chi connectivity index (χ0v) is 9.89. The molecule has 2 N–H and O–H groups in total. The van der Waals surface area contributed by atoms with Crippen LogP contribution in [0.1, 0.15) is 38.5 Å². The summed E-state index contributed by atoms with van der Waals surface area (Å²) < 4.78 is 0. The standard InChI is InChI=1S/C13H19NO3/c15-12(7-9-3-1-2-4-9)14-11-6-5-10(8-11)13(16)17/h1,3,9-11H,2,4-8H2,(H,14,15)(H,16,17)/t9?,10-,11+/m1/s1. The average Bonchev–Trinajstić information content (AvgIpc) is 2.88. The normalized spacial score (nSPS) is 31.6. The number of rotatable bonds is 4. The maximum Gasteiger partial charge on any atom is 0.306 e. The fraction of sp³-hybridized carbons (Fsp3) is 0.692. The minimum Gasteiger partial charge on any atom is -0.481 e. The van der Waals surface area contributed by atoms with E-state index in [0.29, 0.717) is 25.2 Å². The maximum atomic E-state index is 11.7. The van der Waals surface area contributed by atoms with Crippen LogP contribution in [0.4, 0.5) is 0 Å². The van der Waals surface area contributed by atoms with E-state index in [9.17, 15) is 9.59 Å². The van der Waals surface area contributed by atoms with Crippen molar-refractivity contribution in [2.45, 2.75) is 44.6 Å². The Balaban J connectivity index is 1.72. The summed E-state index contributed by atoms with van der Waals surface area (Å²) in [5, 5.41) is 11.8. The Morgan fingerprint density at radius 1 is 1.29 bits per heavy atom. The summed E-state index contributed by atoms with van der Waals surface area (Å²) in [7, 11) is 0. The molecule has 2 aliphatic carbocycles. The molecule has 3 atom stereocenters. The van der Waals surface area contributed by atoms with Crippen molar-refractivity contribution in [3.8, 4) is 0 Å². The maximum absolute atomic E-state index is 11.7. The molecule has 1 amide bonds. The largest absolute Gasteiger partial charge is 0.481 e. The third-order valence-corrected chi connectivity index (χ3v) is 3.71. The average molecular weight is 237 g/mol. The minimum atomic E-state index is -0.736. The summed E-state index contributed by atoms with van der Waals surface area (Å²) in [4.78, 5) is 22.5. The minimum absolute atomic E-state index is 0.0639. The number of aliphatic carboxylic acids is 1.